The van der Waals surface area contributed by atoms with Crippen LogP contribution in [0.1, 0.15) is 25.0 Å². The Balaban J connectivity index is 2.02. The number of nitrogens with zero attached hydrogens (tertiary/aromatic N) is 2. The van der Waals surface area contributed by atoms with E-state index in [1.165, 1.54) is 19.3 Å². The van der Waals surface area contributed by atoms with Crippen molar-refractivity contribution in [2.75, 3.05) is 6.54 Å². The fraction of sp³-hybridized carbons (Fsp3) is 0.700. The van der Waals surface area contributed by atoms with E-state index in [9.17, 15) is 0 Å². The number of hydrogen-bond donors (Lipinski definition) is 1. The van der Waals surface area contributed by atoms with Crippen LogP contribution >= 0.6 is 11.6 Å². The van der Waals surface area contributed by atoms with Gasteiger partial charge in [-0.3, -0.25) is 4.68 Å². The monoisotopic (exact) mass is 213 g/mol. The van der Waals surface area contributed by atoms with Crippen LogP contribution in [0.4, 0.5) is 0 Å². The lowest BCUT2D eigenvalue weighted by atomic mass is 10.0. The zero-order chi connectivity index (χ0) is 9.97. The van der Waals surface area contributed by atoms with E-state index in [4.69, 9.17) is 11.6 Å². The number of aromatic nitrogens is 2. The molecule has 0 radical (unpaired) electrons. The van der Waals surface area contributed by atoms with Gasteiger partial charge >= 0.3 is 0 Å². The molecule has 78 valence electrons. The Bertz CT molecular complexity index is 283. The van der Waals surface area contributed by atoms with Crippen LogP contribution in [0.3, 0.4) is 0 Å². The van der Waals surface area contributed by atoms with Crippen molar-refractivity contribution in [1.82, 2.24) is 15.1 Å². The van der Waals surface area contributed by atoms with Gasteiger partial charge < -0.3 is 5.32 Å². The molecule has 1 aromatic rings. The molecule has 0 aliphatic carbocycles. The summed E-state index contributed by atoms with van der Waals surface area (Å²) in [4.78, 5) is 0. The van der Waals surface area contributed by atoms with Gasteiger partial charge in [0.25, 0.3) is 0 Å². The van der Waals surface area contributed by atoms with E-state index >= 15 is 0 Å². The maximum Gasteiger partial charge on any atom is 0.0818 e. The summed E-state index contributed by atoms with van der Waals surface area (Å²) in [5.74, 6) is 0. The summed E-state index contributed by atoms with van der Waals surface area (Å²) in [5.41, 5.74) is 1.14. The quantitative estimate of drug-likeness (QED) is 0.812. The van der Waals surface area contributed by atoms with Crippen molar-refractivity contribution in [1.29, 1.82) is 0 Å². The third-order valence-electron chi connectivity index (χ3n) is 2.86. The van der Waals surface area contributed by atoms with Crippen molar-refractivity contribution >= 4 is 11.6 Å². The molecule has 14 heavy (non-hydrogen) atoms. The number of piperidine rings is 1. The standard InChI is InChI=1S/C10H16ClN3/c1-14-10(9(11)7-13-14)6-8-4-2-3-5-12-8/h7-8,12H,2-6H2,1H3. The highest BCUT2D eigenvalue weighted by Crippen LogP contribution is 2.18. The lowest BCUT2D eigenvalue weighted by Crippen LogP contribution is -2.36. The molecule has 1 aliphatic rings. The maximum absolute atomic E-state index is 6.05. The molecular formula is C10H16ClN3. The second-order valence-electron chi connectivity index (χ2n) is 3.91. The number of hydrogen-bond acceptors (Lipinski definition) is 2. The van der Waals surface area contributed by atoms with Crippen LogP contribution in [-0.2, 0) is 13.5 Å². The molecule has 1 fully saturated rings. The van der Waals surface area contributed by atoms with Gasteiger partial charge in [0, 0.05) is 19.5 Å². The predicted molar refractivity (Wildman–Crippen MR) is 57.6 cm³/mol. The molecule has 1 aromatic heterocycles. The number of nitrogens with one attached hydrogen (secondary N) is 1. The van der Waals surface area contributed by atoms with Gasteiger partial charge in [0.05, 0.1) is 16.9 Å². The molecule has 4 heteroatoms. The molecule has 3 nitrogen and oxygen atoms in total. The topological polar surface area (TPSA) is 29.9 Å². The average molecular weight is 214 g/mol. The van der Waals surface area contributed by atoms with Gasteiger partial charge in [-0.1, -0.05) is 18.0 Å². The van der Waals surface area contributed by atoms with E-state index in [0.29, 0.717) is 6.04 Å². The number of aryl methyl sites for hydroxylation is 1. The van der Waals surface area contributed by atoms with Crippen LogP contribution < -0.4 is 5.32 Å². The molecule has 1 atom stereocenters. The number of rotatable bonds is 2. The Labute approximate surface area is 89.4 Å². The van der Waals surface area contributed by atoms with Crippen LogP contribution in [0.5, 0.6) is 0 Å². The van der Waals surface area contributed by atoms with Crippen molar-refractivity contribution in [2.24, 2.45) is 7.05 Å². The van der Waals surface area contributed by atoms with E-state index in [0.717, 1.165) is 23.7 Å². The molecule has 0 amide bonds. The van der Waals surface area contributed by atoms with E-state index in [-0.39, 0.29) is 0 Å². The molecule has 0 saturated carbocycles. The van der Waals surface area contributed by atoms with E-state index in [1.807, 2.05) is 11.7 Å². The zero-order valence-corrected chi connectivity index (χ0v) is 9.22. The normalized spacial score (nSPS) is 22.6. The fourth-order valence-corrected chi connectivity index (χ4v) is 2.24. The van der Waals surface area contributed by atoms with Crippen LogP contribution in [0.2, 0.25) is 5.02 Å². The SMILES string of the molecule is Cn1ncc(Cl)c1CC1CCCCN1. The van der Waals surface area contributed by atoms with Crippen LogP contribution in [0.15, 0.2) is 6.20 Å². The maximum atomic E-state index is 6.05. The molecule has 1 unspecified atom stereocenters. The lowest BCUT2D eigenvalue weighted by Gasteiger charge is -2.23. The lowest BCUT2D eigenvalue weighted by molar-refractivity contribution is 0.393. The summed E-state index contributed by atoms with van der Waals surface area (Å²) in [6, 6.07) is 0.580. The van der Waals surface area contributed by atoms with Crippen molar-refractivity contribution in [3.05, 3.63) is 16.9 Å². The molecule has 1 saturated heterocycles. The van der Waals surface area contributed by atoms with Crippen LogP contribution in [0, 0.1) is 0 Å². The van der Waals surface area contributed by atoms with Gasteiger partial charge in [-0.15, -0.1) is 0 Å². The first kappa shape index (κ1) is 9.99. The van der Waals surface area contributed by atoms with Gasteiger partial charge in [0.2, 0.25) is 0 Å². The minimum absolute atomic E-state index is 0.580. The molecule has 2 heterocycles. The predicted octanol–water partition coefficient (Wildman–Crippen LogP) is 1.76. The second kappa shape index (κ2) is 4.32. The highest BCUT2D eigenvalue weighted by Gasteiger charge is 2.16. The summed E-state index contributed by atoms with van der Waals surface area (Å²) in [7, 11) is 1.95. The summed E-state index contributed by atoms with van der Waals surface area (Å²) in [6.07, 6.45) is 6.60. The van der Waals surface area contributed by atoms with Gasteiger partial charge in [-0.2, -0.15) is 5.10 Å². The summed E-state index contributed by atoms with van der Waals surface area (Å²) < 4.78 is 1.87. The third kappa shape index (κ3) is 2.10. The van der Waals surface area contributed by atoms with Crippen molar-refractivity contribution < 1.29 is 0 Å². The Morgan fingerprint density at radius 1 is 1.64 bits per heavy atom. The van der Waals surface area contributed by atoms with E-state index in [2.05, 4.69) is 10.4 Å². The highest BCUT2D eigenvalue weighted by atomic mass is 35.5. The van der Waals surface area contributed by atoms with Crippen molar-refractivity contribution in [3.8, 4) is 0 Å². The molecule has 0 bridgehead atoms. The van der Waals surface area contributed by atoms with Crippen molar-refractivity contribution in [2.45, 2.75) is 31.7 Å². The Morgan fingerprint density at radius 2 is 2.50 bits per heavy atom. The number of halogens is 1. The minimum atomic E-state index is 0.580. The van der Waals surface area contributed by atoms with E-state index in [1.54, 1.807) is 6.20 Å². The Morgan fingerprint density at radius 3 is 3.07 bits per heavy atom. The molecular weight excluding hydrogens is 198 g/mol. The first-order valence-electron chi connectivity index (χ1n) is 5.17. The Kier molecular flexibility index (Phi) is 3.08. The fourth-order valence-electron chi connectivity index (χ4n) is 2.00. The van der Waals surface area contributed by atoms with Crippen LogP contribution in [-0.4, -0.2) is 22.4 Å². The highest BCUT2D eigenvalue weighted by molar-refractivity contribution is 6.31. The Hall–Kier alpha value is -0.540. The van der Waals surface area contributed by atoms with Gasteiger partial charge in [0.1, 0.15) is 0 Å². The largest absolute Gasteiger partial charge is 0.314 e. The summed E-state index contributed by atoms with van der Waals surface area (Å²) in [6.45, 7) is 1.14. The van der Waals surface area contributed by atoms with Gasteiger partial charge in [-0.25, -0.2) is 0 Å². The summed E-state index contributed by atoms with van der Waals surface area (Å²) >= 11 is 6.05. The summed E-state index contributed by atoms with van der Waals surface area (Å²) in [5, 5.41) is 8.44. The molecule has 2 rings (SSSR count). The third-order valence-corrected chi connectivity index (χ3v) is 3.18. The smallest absolute Gasteiger partial charge is 0.0818 e. The van der Waals surface area contributed by atoms with E-state index < -0.39 is 0 Å². The minimum Gasteiger partial charge on any atom is -0.314 e. The first-order chi connectivity index (χ1) is 6.77. The molecule has 0 spiro atoms. The second-order valence-corrected chi connectivity index (χ2v) is 4.32. The van der Waals surface area contributed by atoms with Crippen LogP contribution in [0.25, 0.3) is 0 Å². The van der Waals surface area contributed by atoms with Gasteiger partial charge in [-0.05, 0) is 19.4 Å². The van der Waals surface area contributed by atoms with Gasteiger partial charge in [0.15, 0.2) is 0 Å². The molecule has 0 aromatic carbocycles. The first-order valence-corrected chi connectivity index (χ1v) is 5.55. The zero-order valence-electron chi connectivity index (χ0n) is 8.46. The average Bonchev–Trinajstić information content (AvgIpc) is 2.51. The molecule has 1 aliphatic heterocycles. The molecule has 1 N–H and O–H groups in total. The van der Waals surface area contributed by atoms with Crippen molar-refractivity contribution in [3.63, 3.8) is 0 Å².